The van der Waals surface area contributed by atoms with Crippen molar-refractivity contribution in [2.75, 3.05) is 7.05 Å². The van der Waals surface area contributed by atoms with Crippen LogP contribution in [0.1, 0.15) is 29.8 Å². The molecule has 0 saturated heterocycles. The highest BCUT2D eigenvalue weighted by molar-refractivity contribution is 9.10. The number of benzene rings is 1. The van der Waals surface area contributed by atoms with E-state index in [0.29, 0.717) is 17.7 Å². The Bertz CT molecular complexity index is 625. The highest BCUT2D eigenvalue weighted by Crippen LogP contribution is 2.31. The number of nitrogens with one attached hydrogen (secondary N) is 1. The van der Waals surface area contributed by atoms with E-state index in [1.54, 1.807) is 24.9 Å². The van der Waals surface area contributed by atoms with Crippen molar-refractivity contribution >= 4 is 15.9 Å². The van der Waals surface area contributed by atoms with Crippen LogP contribution in [-0.2, 0) is 6.54 Å². The third-order valence-corrected chi connectivity index (χ3v) is 3.89. The number of aryl methyl sites for hydroxylation is 2. The van der Waals surface area contributed by atoms with Gasteiger partial charge < -0.3 is 5.32 Å². The van der Waals surface area contributed by atoms with Crippen molar-refractivity contribution in [3.63, 3.8) is 0 Å². The zero-order chi connectivity index (χ0) is 14.9. The Balaban J connectivity index is 2.58. The van der Waals surface area contributed by atoms with Gasteiger partial charge in [0.05, 0.1) is 22.4 Å². The van der Waals surface area contributed by atoms with Gasteiger partial charge in [-0.3, -0.25) is 4.68 Å². The van der Waals surface area contributed by atoms with E-state index >= 15 is 0 Å². The van der Waals surface area contributed by atoms with Crippen LogP contribution in [0.25, 0.3) is 0 Å². The summed E-state index contributed by atoms with van der Waals surface area (Å²) in [7, 11) is 1.74. The first-order chi connectivity index (χ1) is 9.49. The van der Waals surface area contributed by atoms with Crippen LogP contribution in [0.15, 0.2) is 22.8 Å². The molecular weight excluding hydrogens is 328 g/mol. The minimum absolute atomic E-state index is 0.397. The molecule has 0 fully saturated rings. The van der Waals surface area contributed by atoms with Crippen LogP contribution >= 0.6 is 15.9 Å². The summed E-state index contributed by atoms with van der Waals surface area (Å²) in [6.45, 7) is 4.25. The second kappa shape index (κ2) is 6.01. The molecule has 0 aliphatic heterocycles. The highest BCUT2D eigenvalue weighted by Gasteiger charge is 2.23. The second-order valence-corrected chi connectivity index (χ2v) is 5.39. The zero-order valence-corrected chi connectivity index (χ0v) is 13.1. The zero-order valence-electron chi connectivity index (χ0n) is 11.5. The molecule has 0 spiro atoms. The number of aromatic nitrogens is 2. The van der Waals surface area contributed by atoms with Crippen molar-refractivity contribution in [1.82, 2.24) is 15.1 Å². The lowest BCUT2D eigenvalue weighted by Gasteiger charge is -2.20. The maximum absolute atomic E-state index is 14.1. The van der Waals surface area contributed by atoms with Gasteiger partial charge in [0.2, 0.25) is 0 Å². The summed E-state index contributed by atoms with van der Waals surface area (Å²) >= 11 is 3.43. The van der Waals surface area contributed by atoms with E-state index in [9.17, 15) is 8.78 Å². The fourth-order valence-corrected chi connectivity index (χ4v) is 2.78. The molecule has 0 amide bonds. The maximum atomic E-state index is 14.1. The largest absolute Gasteiger partial charge is 0.308 e. The molecule has 0 bridgehead atoms. The molecule has 108 valence electrons. The molecule has 1 N–H and O–H groups in total. The van der Waals surface area contributed by atoms with Crippen molar-refractivity contribution < 1.29 is 8.78 Å². The molecule has 1 heterocycles. The van der Waals surface area contributed by atoms with Crippen molar-refractivity contribution in [2.45, 2.75) is 26.4 Å². The first-order valence-electron chi connectivity index (χ1n) is 6.33. The van der Waals surface area contributed by atoms with E-state index in [-0.39, 0.29) is 0 Å². The van der Waals surface area contributed by atoms with Crippen LogP contribution in [0.2, 0.25) is 0 Å². The Morgan fingerprint density at radius 1 is 1.35 bits per heavy atom. The quantitative estimate of drug-likeness (QED) is 0.919. The van der Waals surface area contributed by atoms with E-state index in [2.05, 4.69) is 26.3 Å². The molecule has 0 radical (unpaired) electrons. The monoisotopic (exact) mass is 343 g/mol. The topological polar surface area (TPSA) is 29.9 Å². The molecule has 0 saturated carbocycles. The number of nitrogens with zero attached hydrogens (tertiary/aromatic N) is 2. The maximum Gasteiger partial charge on any atom is 0.131 e. The predicted molar refractivity (Wildman–Crippen MR) is 77.6 cm³/mol. The molecule has 1 unspecified atom stereocenters. The lowest BCUT2D eigenvalue weighted by molar-refractivity contribution is 0.520. The molecule has 2 rings (SSSR count). The van der Waals surface area contributed by atoms with Gasteiger partial charge in [-0.2, -0.15) is 5.10 Å². The van der Waals surface area contributed by atoms with Crippen molar-refractivity contribution in [2.24, 2.45) is 0 Å². The normalized spacial score (nSPS) is 12.7. The van der Waals surface area contributed by atoms with Crippen LogP contribution in [0.4, 0.5) is 8.78 Å². The van der Waals surface area contributed by atoms with E-state index in [0.717, 1.165) is 16.2 Å². The van der Waals surface area contributed by atoms with Crippen LogP contribution in [0, 0.1) is 18.6 Å². The number of halogens is 3. The van der Waals surface area contributed by atoms with Gasteiger partial charge in [0, 0.05) is 18.2 Å². The third-order valence-electron chi connectivity index (χ3n) is 3.28. The van der Waals surface area contributed by atoms with E-state index in [4.69, 9.17) is 0 Å². The minimum atomic E-state index is -0.566. The summed E-state index contributed by atoms with van der Waals surface area (Å²) < 4.78 is 30.1. The number of hydrogen-bond donors (Lipinski definition) is 1. The molecular formula is C14H16BrF2N3. The lowest BCUT2D eigenvalue weighted by Crippen LogP contribution is -2.23. The summed E-state index contributed by atoms with van der Waals surface area (Å²) in [5.41, 5.74) is 1.64. The SMILES string of the molecule is CCn1ncc(Br)c1C(NC)c1cc(C)c(F)cc1F. The summed E-state index contributed by atoms with van der Waals surface area (Å²) in [5, 5.41) is 7.30. The Hall–Kier alpha value is -1.27. The van der Waals surface area contributed by atoms with E-state index in [1.165, 1.54) is 6.07 Å². The molecule has 6 heteroatoms. The van der Waals surface area contributed by atoms with Crippen molar-refractivity contribution in [3.8, 4) is 0 Å². The second-order valence-electron chi connectivity index (χ2n) is 4.54. The average molecular weight is 344 g/mol. The fourth-order valence-electron chi connectivity index (χ4n) is 2.25. The Morgan fingerprint density at radius 3 is 2.65 bits per heavy atom. The third kappa shape index (κ3) is 2.62. The van der Waals surface area contributed by atoms with Gasteiger partial charge in [0.1, 0.15) is 11.6 Å². The summed E-state index contributed by atoms with van der Waals surface area (Å²) in [6, 6.07) is 2.06. The Kier molecular flexibility index (Phi) is 4.55. The fraction of sp³-hybridized carbons (Fsp3) is 0.357. The van der Waals surface area contributed by atoms with Crippen molar-refractivity contribution in [1.29, 1.82) is 0 Å². The number of hydrogen-bond acceptors (Lipinski definition) is 2. The lowest BCUT2D eigenvalue weighted by atomic mass is 10.0. The van der Waals surface area contributed by atoms with Gasteiger partial charge in [-0.15, -0.1) is 0 Å². The van der Waals surface area contributed by atoms with Gasteiger partial charge in [-0.05, 0) is 48.5 Å². The summed E-state index contributed by atoms with van der Waals surface area (Å²) in [4.78, 5) is 0. The molecule has 20 heavy (non-hydrogen) atoms. The summed E-state index contributed by atoms with van der Waals surface area (Å²) in [6.07, 6.45) is 1.68. The molecule has 1 atom stereocenters. The molecule has 2 aromatic rings. The van der Waals surface area contributed by atoms with Gasteiger partial charge in [0.25, 0.3) is 0 Å². The van der Waals surface area contributed by atoms with Gasteiger partial charge in [0.15, 0.2) is 0 Å². The van der Waals surface area contributed by atoms with Crippen molar-refractivity contribution in [3.05, 3.63) is 51.3 Å². The van der Waals surface area contributed by atoms with Crippen LogP contribution < -0.4 is 5.32 Å². The first kappa shape index (κ1) is 15.1. The highest BCUT2D eigenvalue weighted by atomic mass is 79.9. The Morgan fingerprint density at radius 2 is 2.05 bits per heavy atom. The van der Waals surface area contributed by atoms with Crippen LogP contribution in [0.5, 0.6) is 0 Å². The molecule has 0 aliphatic carbocycles. The Labute approximate surface area is 125 Å². The smallest absolute Gasteiger partial charge is 0.131 e. The molecule has 1 aromatic carbocycles. The first-order valence-corrected chi connectivity index (χ1v) is 7.12. The molecule has 0 aliphatic rings. The standard InChI is InChI=1S/C14H16BrF2N3/c1-4-20-14(10(15)7-19-20)13(18-3)9-5-8(2)11(16)6-12(9)17/h5-7,13,18H,4H2,1-3H3. The average Bonchev–Trinajstić information content (AvgIpc) is 2.78. The van der Waals surface area contributed by atoms with E-state index in [1.807, 2.05) is 6.92 Å². The molecule has 3 nitrogen and oxygen atoms in total. The van der Waals surface area contributed by atoms with Crippen LogP contribution in [0.3, 0.4) is 0 Å². The van der Waals surface area contributed by atoms with E-state index < -0.39 is 17.7 Å². The minimum Gasteiger partial charge on any atom is -0.308 e. The van der Waals surface area contributed by atoms with Gasteiger partial charge in [-0.1, -0.05) is 0 Å². The van der Waals surface area contributed by atoms with Crippen LogP contribution in [-0.4, -0.2) is 16.8 Å². The number of rotatable bonds is 4. The predicted octanol–water partition coefficient (Wildman–Crippen LogP) is 3.56. The summed E-state index contributed by atoms with van der Waals surface area (Å²) in [5.74, 6) is -1.10. The van der Waals surface area contributed by atoms with Gasteiger partial charge in [-0.25, -0.2) is 8.78 Å². The molecule has 1 aromatic heterocycles. The van der Waals surface area contributed by atoms with Gasteiger partial charge >= 0.3 is 0 Å².